The van der Waals surface area contributed by atoms with E-state index in [1.54, 1.807) is 6.07 Å². The van der Waals surface area contributed by atoms with E-state index >= 15 is 0 Å². The molecule has 0 aliphatic carbocycles. The Hall–Kier alpha value is -0.905. The summed E-state index contributed by atoms with van der Waals surface area (Å²) >= 11 is 6.20. The van der Waals surface area contributed by atoms with E-state index in [2.05, 4.69) is 4.98 Å². The first kappa shape index (κ1) is 15.5. The highest BCUT2D eigenvalue weighted by atomic mass is 35.5. The third-order valence-electron chi connectivity index (χ3n) is 3.87. The van der Waals surface area contributed by atoms with Crippen LogP contribution in [0.15, 0.2) is 12.1 Å². The molecule has 1 aromatic heterocycles. The largest absolute Gasteiger partial charge is 0.498 e. The van der Waals surface area contributed by atoms with Crippen LogP contribution in [0.4, 0.5) is 0 Å². The van der Waals surface area contributed by atoms with Crippen molar-refractivity contribution in [2.75, 3.05) is 0 Å². The first-order valence-electron chi connectivity index (χ1n) is 6.63. The molecule has 1 aliphatic heterocycles. The van der Waals surface area contributed by atoms with E-state index in [1.807, 2.05) is 33.8 Å². The molecule has 0 atom stereocenters. The maximum absolute atomic E-state index is 11.1. The lowest BCUT2D eigenvalue weighted by atomic mass is 9.80. The van der Waals surface area contributed by atoms with E-state index in [9.17, 15) is 4.79 Å². The number of aromatic nitrogens is 1. The smallest absolute Gasteiger partial charge is 0.399 e. The van der Waals surface area contributed by atoms with Crippen molar-refractivity contribution in [3.63, 3.8) is 0 Å². The highest BCUT2D eigenvalue weighted by Crippen LogP contribution is 2.36. The van der Waals surface area contributed by atoms with Crippen LogP contribution in [0.5, 0.6) is 0 Å². The molecule has 0 unspecified atom stereocenters. The number of carbonyl (C=O) groups excluding carboxylic acids is 1. The molecule has 0 spiro atoms. The monoisotopic (exact) mass is 295 g/mol. The molecule has 0 aromatic carbocycles. The van der Waals surface area contributed by atoms with Crippen molar-refractivity contribution >= 4 is 30.0 Å². The zero-order valence-electron chi connectivity index (χ0n) is 12.5. The molecule has 0 amide bonds. The third-order valence-corrected chi connectivity index (χ3v) is 4.18. The van der Waals surface area contributed by atoms with Gasteiger partial charge in [-0.3, -0.25) is 4.79 Å². The summed E-state index contributed by atoms with van der Waals surface area (Å²) in [5.74, 6) is 0.0527. The number of carbonyl (C=O) groups is 1. The Kier molecular flexibility index (Phi) is 3.97. The fourth-order valence-corrected chi connectivity index (χ4v) is 2.24. The molecular formula is C14H19BClNO3. The van der Waals surface area contributed by atoms with Crippen LogP contribution in [-0.4, -0.2) is 29.1 Å². The van der Waals surface area contributed by atoms with Gasteiger partial charge in [0.25, 0.3) is 0 Å². The standard InChI is InChI=1S/C14H19BClNO3/c1-9(18)8-10-6-7-11(12(16)17-10)15-19-13(2,3)14(4,5)20-15/h6-7H,8H2,1-5H3. The molecule has 2 rings (SSSR count). The Morgan fingerprint density at radius 3 is 2.25 bits per heavy atom. The maximum Gasteiger partial charge on any atom is 0.498 e. The lowest BCUT2D eigenvalue weighted by Gasteiger charge is -2.32. The van der Waals surface area contributed by atoms with Gasteiger partial charge in [0.1, 0.15) is 10.9 Å². The topological polar surface area (TPSA) is 48.4 Å². The van der Waals surface area contributed by atoms with Crippen LogP contribution in [0, 0.1) is 0 Å². The second-order valence-electron chi connectivity index (χ2n) is 6.15. The zero-order chi connectivity index (χ0) is 15.1. The number of halogens is 1. The Morgan fingerprint density at radius 2 is 1.80 bits per heavy atom. The van der Waals surface area contributed by atoms with Crippen molar-refractivity contribution in [1.82, 2.24) is 4.98 Å². The van der Waals surface area contributed by atoms with Gasteiger partial charge in [0, 0.05) is 17.6 Å². The fourth-order valence-electron chi connectivity index (χ4n) is 1.98. The molecule has 2 heterocycles. The quantitative estimate of drug-likeness (QED) is 0.633. The van der Waals surface area contributed by atoms with Gasteiger partial charge in [-0.1, -0.05) is 17.7 Å². The summed E-state index contributed by atoms with van der Waals surface area (Å²) in [5, 5.41) is 0.322. The second kappa shape index (κ2) is 5.13. The van der Waals surface area contributed by atoms with Crippen LogP contribution in [0.1, 0.15) is 40.3 Å². The maximum atomic E-state index is 11.1. The van der Waals surface area contributed by atoms with Crippen LogP contribution in [0.2, 0.25) is 5.15 Å². The molecule has 1 aromatic rings. The summed E-state index contributed by atoms with van der Waals surface area (Å²) in [7, 11) is -0.536. The lowest BCUT2D eigenvalue weighted by Crippen LogP contribution is -2.41. The molecule has 20 heavy (non-hydrogen) atoms. The van der Waals surface area contributed by atoms with Crippen molar-refractivity contribution in [3.8, 4) is 0 Å². The molecule has 108 valence electrons. The van der Waals surface area contributed by atoms with Crippen molar-refractivity contribution in [3.05, 3.63) is 23.0 Å². The van der Waals surface area contributed by atoms with Gasteiger partial charge in [0.2, 0.25) is 0 Å². The minimum Gasteiger partial charge on any atom is -0.399 e. The van der Waals surface area contributed by atoms with E-state index in [1.165, 1.54) is 6.92 Å². The van der Waals surface area contributed by atoms with E-state index in [0.29, 0.717) is 16.3 Å². The molecule has 0 saturated carbocycles. The summed E-state index contributed by atoms with van der Waals surface area (Å²) in [5.41, 5.74) is 0.512. The van der Waals surface area contributed by atoms with Gasteiger partial charge in [0.15, 0.2) is 0 Å². The number of rotatable bonds is 3. The minimum atomic E-state index is -0.536. The third kappa shape index (κ3) is 2.90. The van der Waals surface area contributed by atoms with Crippen molar-refractivity contribution in [2.45, 2.75) is 52.2 Å². The summed E-state index contributed by atoms with van der Waals surface area (Å²) in [6.07, 6.45) is 0.281. The highest BCUT2D eigenvalue weighted by Gasteiger charge is 2.52. The number of hydrogen-bond acceptors (Lipinski definition) is 4. The average Bonchev–Trinajstić information content (AvgIpc) is 2.46. The van der Waals surface area contributed by atoms with Crippen LogP contribution < -0.4 is 5.46 Å². The molecule has 1 aliphatic rings. The predicted molar refractivity (Wildman–Crippen MR) is 79.3 cm³/mol. The minimum absolute atomic E-state index is 0.0527. The SMILES string of the molecule is CC(=O)Cc1ccc(B2OC(C)(C)C(C)(C)O2)c(Cl)n1. The second-order valence-corrected chi connectivity index (χ2v) is 6.51. The number of pyridine rings is 1. The molecule has 1 fully saturated rings. The van der Waals surface area contributed by atoms with Crippen LogP contribution >= 0.6 is 11.6 Å². The number of hydrogen-bond donors (Lipinski definition) is 0. The summed E-state index contributed by atoms with van der Waals surface area (Å²) < 4.78 is 11.9. The lowest BCUT2D eigenvalue weighted by molar-refractivity contribution is -0.116. The molecule has 6 heteroatoms. The van der Waals surface area contributed by atoms with E-state index in [-0.39, 0.29) is 12.2 Å². The van der Waals surface area contributed by atoms with Gasteiger partial charge in [-0.15, -0.1) is 0 Å². The predicted octanol–water partition coefficient (Wildman–Crippen LogP) is 2.17. The Bertz CT molecular complexity index is 529. The first-order valence-corrected chi connectivity index (χ1v) is 7.00. The fraction of sp³-hybridized carbons (Fsp3) is 0.571. The summed E-state index contributed by atoms with van der Waals surface area (Å²) in [4.78, 5) is 15.3. The first-order chi connectivity index (χ1) is 9.12. The normalized spacial score (nSPS) is 20.2. The van der Waals surface area contributed by atoms with Crippen LogP contribution in [-0.2, 0) is 20.5 Å². The Morgan fingerprint density at radius 1 is 1.25 bits per heavy atom. The van der Waals surface area contributed by atoms with Gasteiger partial charge < -0.3 is 9.31 Å². The van der Waals surface area contributed by atoms with E-state index < -0.39 is 18.3 Å². The van der Waals surface area contributed by atoms with Crippen molar-refractivity contribution in [2.24, 2.45) is 0 Å². The van der Waals surface area contributed by atoms with Gasteiger partial charge >= 0.3 is 7.12 Å². The molecule has 0 bridgehead atoms. The van der Waals surface area contributed by atoms with Gasteiger partial charge in [0.05, 0.1) is 11.2 Å². The van der Waals surface area contributed by atoms with E-state index in [0.717, 1.165) is 0 Å². The van der Waals surface area contributed by atoms with Gasteiger partial charge in [-0.05, 0) is 40.7 Å². The summed E-state index contributed by atoms with van der Waals surface area (Å²) in [6, 6.07) is 3.60. The molecule has 1 saturated heterocycles. The molecule has 0 radical (unpaired) electrons. The van der Waals surface area contributed by atoms with Crippen molar-refractivity contribution in [1.29, 1.82) is 0 Å². The molecule has 0 N–H and O–H groups in total. The van der Waals surface area contributed by atoms with Gasteiger partial charge in [-0.25, -0.2) is 4.98 Å². The Balaban J connectivity index is 2.25. The number of nitrogens with zero attached hydrogens (tertiary/aromatic N) is 1. The van der Waals surface area contributed by atoms with Crippen LogP contribution in [0.25, 0.3) is 0 Å². The number of Topliss-reactive ketones (excluding diaryl/α,β-unsaturated/α-hetero) is 1. The average molecular weight is 296 g/mol. The van der Waals surface area contributed by atoms with Gasteiger partial charge in [-0.2, -0.15) is 0 Å². The Labute approximate surface area is 125 Å². The molecule has 4 nitrogen and oxygen atoms in total. The highest BCUT2D eigenvalue weighted by molar-refractivity contribution is 6.65. The molecular weight excluding hydrogens is 276 g/mol. The van der Waals surface area contributed by atoms with E-state index in [4.69, 9.17) is 20.9 Å². The summed E-state index contributed by atoms with van der Waals surface area (Å²) in [6.45, 7) is 9.46. The number of ketones is 1. The van der Waals surface area contributed by atoms with Crippen molar-refractivity contribution < 1.29 is 14.1 Å². The zero-order valence-corrected chi connectivity index (χ0v) is 13.2. The van der Waals surface area contributed by atoms with Crippen LogP contribution in [0.3, 0.4) is 0 Å².